The Hall–Kier alpha value is -1.07. The van der Waals surface area contributed by atoms with E-state index in [2.05, 4.69) is 5.32 Å². The minimum Gasteiger partial charge on any atom is -0.388 e. The highest BCUT2D eigenvalue weighted by molar-refractivity contribution is 7.89. The number of benzene rings is 1. The number of aryl methyl sites for hydroxylation is 2. The molecule has 0 unspecified atom stereocenters. The van der Waals surface area contributed by atoms with Gasteiger partial charge >= 0.3 is 0 Å². The maximum absolute atomic E-state index is 13.1. The van der Waals surface area contributed by atoms with Gasteiger partial charge in [-0.05, 0) is 49.9 Å². The molecule has 0 saturated heterocycles. The van der Waals surface area contributed by atoms with Crippen molar-refractivity contribution in [3.8, 4) is 0 Å². The summed E-state index contributed by atoms with van der Waals surface area (Å²) in [5.74, 6) is 0. The van der Waals surface area contributed by atoms with Crippen molar-refractivity contribution in [1.82, 2.24) is 4.31 Å². The van der Waals surface area contributed by atoms with E-state index in [0.717, 1.165) is 42.5 Å². The molecule has 5 heteroatoms. The summed E-state index contributed by atoms with van der Waals surface area (Å²) in [5.41, 5.74) is 2.58. The maximum Gasteiger partial charge on any atom is 0.243 e. The van der Waals surface area contributed by atoms with Crippen LogP contribution in [0.4, 0.5) is 5.69 Å². The first-order valence-corrected chi connectivity index (χ1v) is 9.16. The number of nitrogens with one attached hydrogen (secondary N) is 1. The van der Waals surface area contributed by atoms with Crippen LogP contribution in [0.1, 0.15) is 43.7 Å². The number of anilines is 1. The molecule has 0 bridgehead atoms. The Bertz CT molecular complexity index is 582. The fourth-order valence-electron chi connectivity index (χ4n) is 3.44. The van der Waals surface area contributed by atoms with E-state index >= 15 is 0 Å². The highest BCUT2D eigenvalue weighted by atomic mass is 32.2. The summed E-state index contributed by atoms with van der Waals surface area (Å²) >= 11 is 0. The van der Waals surface area contributed by atoms with Gasteiger partial charge in [-0.25, -0.2) is 8.42 Å². The van der Waals surface area contributed by atoms with Gasteiger partial charge in [-0.1, -0.05) is 19.8 Å². The van der Waals surface area contributed by atoms with Crippen molar-refractivity contribution < 1.29 is 8.42 Å². The first kappa shape index (κ1) is 16.3. The van der Waals surface area contributed by atoms with Crippen LogP contribution in [0.5, 0.6) is 0 Å². The van der Waals surface area contributed by atoms with E-state index < -0.39 is 10.0 Å². The Morgan fingerprint density at radius 1 is 1.19 bits per heavy atom. The first-order valence-electron chi connectivity index (χ1n) is 7.72. The Labute approximate surface area is 128 Å². The molecule has 118 valence electrons. The summed E-state index contributed by atoms with van der Waals surface area (Å²) in [6.45, 7) is 6.23. The molecule has 0 aromatic heterocycles. The first-order chi connectivity index (χ1) is 9.91. The summed E-state index contributed by atoms with van der Waals surface area (Å²) < 4.78 is 27.9. The molecular formula is C16H26N2O2S. The standard InChI is InChI=1S/C16H26N2O2S/c1-5-18(15-8-6-7-9-15)21(19,20)16-12(2)10-14(17-4)11-13(16)3/h10-11,15,17H,5-9H2,1-4H3. The summed E-state index contributed by atoms with van der Waals surface area (Å²) in [5, 5.41) is 3.08. The molecule has 1 aliphatic rings. The average molecular weight is 310 g/mol. The maximum atomic E-state index is 13.1. The lowest BCUT2D eigenvalue weighted by molar-refractivity contribution is 0.335. The summed E-state index contributed by atoms with van der Waals surface area (Å²) in [6.07, 6.45) is 4.24. The normalized spacial score (nSPS) is 16.6. The lowest BCUT2D eigenvalue weighted by Crippen LogP contribution is -2.39. The van der Waals surface area contributed by atoms with Crippen LogP contribution >= 0.6 is 0 Å². The number of sulfonamides is 1. The van der Waals surface area contributed by atoms with Gasteiger partial charge in [0.15, 0.2) is 0 Å². The molecule has 1 aromatic rings. The third-order valence-corrected chi connectivity index (χ3v) is 6.69. The summed E-state index contributed by atoms with van der Waals surface area (Å²) in [4.78, 5) is 0.482. The summed E-state index contributed by atoms with van der Waals surface area (Å²) in [6, 6.07) is 3.98. The quantitative estimate of drug-likeness (QED) is 0.908. The zero-order chi connectivity index (χ0) is 15.6. The molecule has 1 saturated carbocycles. The van der Waals surface area contributed by atoms with E-state index in [1.807, 2.05) is 40.0 Å². The third kappa shape index (κ3) is 3.09. The van der Waals surface area contributed by atoms with Gasteiger partial charge in [0.2, 0.25) is 10.0 Å². The lowest BCUT2D eigenvalue weighted by Gasteiger charge is -2.28. The Morgan fingerprint density at radius 3 is 2.14 bits per heavy atom. The van der Waals surface area contributed by atoms with Gasteiger partial charge in [0, 0.05) is 25.3 Å². The molecule has 0 spiro atoms. The van der Waals surface area contributed by atoms with Crippen LogP contribution in [0, 0.1) is 13.8 Å². The van der Waals surface area contributed by atoms with E-state index in [-0.39, 0.29) is 6.04 Å². The smallest absolute Gasteiger partial charge is 0.243 e. The Kier molecular flexibility index (Phi) is 4.94. The zero-order valence-electron chi connectivity index (χ0n) is 13.4. The topological polar surface area (TPSA) is 49.4 Å². The summed E-state index contributed by atoms with van der Waals surface area (Å²) in [7, 11) is -1.57. The van der Waals surface area contributed by atoms with E-state index in [0.29, 0.717) is 11.4 Å². The fraction of sp³-hybridized carbons (Fsp3) is 0.625. The average Bonchev–Trinajstić information content (AvgIpc) is 2.91. The van der Waals surface area contributed by atoms with Gasteiger partial charge in [0.05, 0.1) is 4.90 Å². The van der Waals surface area contributed by atoms with Gasteiger partial charge in [-0.15, -0.1) is 0 Å². The predicted molar refractivity (Wildman–Crippen MR) is 87.3 cm³/mol. The third-order valence-electron chi connectivity index (χ3n) is 4.36. The zero-order valence-corrected chi connectivity index (χ0v) is 14.3. The number of rotatable bonds is 5. The van der Waals surface area contributed by atoms with E-state index in [1.54, 1.807) is 4.31 Å². The van der Waals surface area contributed by atoms with Crippen molar-refractivity contribution >= 4 is 15.7 Å². The van der Waals surface area contributed by atoms with E-state index in [1.165, 1.54) is 0 Å². The van der Waals surface area contributed by atoms with Crippen molar-refractivity contribution in [2.45, 2.75) is 57.4 Å². The molecule has 0 amide bonds. The highest BCUT2D eigenvalue weighted by Crippen LogP contribution is 2.32. The molecule has 0 radical (unpaired) electrons. The van der Waals surface area contributed by atoms with Gasteiger partial charge < -0.3 is 5.32 Å². The SMILES string of the molecule is CCN(C1CCCC1)S(=O)(=O)c1c(C)cc(NC)cc1C. The molecular weight excluding hydrogens is 284 g/mol. The second kappa shape index (κ2) is 6.36. The minimum absolute atomic E-state index is 0.169. The van der Waals surface area contributed by atoms with Gasteiger partial charge in [-0.2, -0.15) is 4.31 Å². The van der Waals surface area contributed by atoms with Gasteiger partial charge in [0.1, 0.15) is 0 Å². The second-order valence-corrected chi connectivity index (χ2v) is 7.66. The number of hydrogen-bond donors (Lipinski definition) is 1. The van der Waals surface area contributed by atoms with E-state index in [9.17, 15) is 8.42 Å². The molecule has 1 fully saturated rings. The van der Waals surface area contributed by atoms with Gasteiger partial charge in [0.25, 0.3) is 0 Å². The molecule has 21 heavy (non-hydrogen) atoms. The van der Waals surface area contributed by atoms with Crippen LogP contribution in [0.3, 0.4) is 0 Å². The van der Waals surface area contributed by atoms with Crippen LogP contribution in [0.25, 0.3) is 0 Å². The molecule has 2 rings (SSSR count). The number of nitrogens with zero attached hydrogens (tertiary/aromatic N) is 1. The Balaban J connectivity index is 2.47. The molecule has 1 aromatic carbocycles. The van der Waals surface area contributed by atoms with Gasteiger partial charge in [-0.3, -0.25) is 0 Å². The highest BCUT2D eigenvalue weighted by Gasteiger charge is 2.33. The van der Waals surface area contributed by atoms with Crippen LogP contribution in [-0.4, -0.2) is 32.4 Å². The number of hydrogen-bond acceptors (Lipinski definition) is 3. The monoisotopic (exact) mass is 310 g/mol. The van der Waals surface area contributed by atoms with E-state index in [4.69, 9.17) is 0 Å². The van der Waals surface area contributed by atoms with Crippen LogP contribution in [0.2, 0.25) is 0 Å². The van der Waals surface area contributed by atoms with Crippen LogP contribution in [0.15, 0.2) is 17.0 Å². The van der Waals surface area contributed by atoms with Crippen molar-refractivity contribution in [2.24, 2.45) is 0 Å². The minimum atomic E-state index is -3.42. The molecule has 0 aliphatic heterocycles. The molecule has 0 atom stereocenters. The Morgan fingerprint density at radius 2 is 1.71 bits per heavy atom. The predicted octanol–water partition coefficient (Wildman–Crippen LogP) is 3.30. The van der Waals surface area contributed by atoms with Crippen molar-refractivity contribution in [3.63, 3.8) is 0 Å². The van der Waals surface area contributed by atoms with Crippen molar-refractivity contribution in [3.05, 3.63) is 23.3 Å². The second-order valence-electron chi connectivity index (χ2n) is 5.84. The van der Waals surface area contributed by atoms with Crippen LogP contribution < -0.4 is 5.32 Å². The molecule has 1 N–H and O–H groups in total. The van der Waals surface area contributed by atoms with Crippen LogP contribution in [-0.2, 0) is 10.0 Å². The lowest BCUT2D eigenvalue weighted by atomic mass is 10.1. The molecule has 1 aliphatic carbocycles. The molecule has 0 heterocycles. The van der Waals surface area contributed by atoms with Crippen molar-refractivity contribution in [2.75, 3.05) is 18.9 Å². The molecule has 4 nitrogen and oxygen atoms in total. The largest absolute Gasteiger partial charge is 0.388 e. The fourth-order valence-corrected chi connectivity index (χ4v) is 5.54. The van der Waals surface area contributed by atoms with Crippen molar-refractivity contribution in [1.29, 1.82) is 0 Å².